The molecule has 3 rings (SSSR count). The van der Waals surface area contributed by atoms with Crippen LogP contribution in [0.4, 0.5) is 0 Å². The molecule has 3 aromatic rings. The molecule has 0 aliphatic heterocycles. The number of benzene rings is 1. The lowest BCUT2D eigenvalue weighted by atomic mass is 10.3. The standard InChI is InChI=1S/C13H10ClIN4/c14-6-13-18-11-5-9(15)1-2-12(11)19(13)7-10-3-4-16-8-17-10/h1-5,8H,6-7H2. The van der Waals surface area contributed by atoms with Gasteiger partial charge in [0.1, 0.15) is 12.2 Å². The number of hydrogen-bond donors (Lipinski definition) is 0. The van der Waals surface area contributed by atoms with Crippen LogP contribution in [0.3, 0.4) is 0 Å². The summed E-state index contributed by atoms with van der Waals surface area (Å²) in [6.07, 6.45) is 3.29. The number of alkyl halides is 1. The summed E-state index contributed by atoms with van der Waals surface area (Å²) in [4.78, 5) is 12.7. The summed E-state index contributed by atoms with van der Waals surface area (Å²) >= 11 is 8.27. The largest absolute Gasteiger partial charge is 0.321 e. The van der Waals surface area contributed by atoms with Crippen molar-refractivity contribution in [2.45, 2.75) is 12.4 Å². The van der Waals surface area contributed by atoms with Crippen LogP contribution in [0, 0.1) is 3.57 Å². The topological polar surface area (TPSA) is 43.6 Å². The van der Waals surface area contributed by atoms with Crippen LogP contribution in [-0.2, 0) is 12.4 Å². The fourth-order valence-electron chi connectivity index (χ4n) is 2.00. The molecule has 0 aliphatic carbocycles. The zero-order valence-corrected chi connectivity index (χ0v) is 12.8. The number of aromatic nitrogens is 4. The van der Waals surface area contributed by atoms with E-state index in [1.54, 1.807) is 12.5 Å². The summed E-state index contributed by atoms with van der Waals surface area (Å²) in [7, 11) is 0. The molecule has 0 atom stereocenters. The summed E-state index contributed by atoms with van der Waals surface area (Å²) in [6.45, 7) is 0.654. The maximum atomic E-state index is 5.99. The molecule has 2 aromatic heterocycles. The fraction of sp³-hybridized carbons (Fsp3) is 0.154. The van der Waals surface area contributed by atoms with E-state index in [9.17, 15) is 0 Å². The molecule has 2 heterocycles. The Hall–Kier alpha value is -1.21. The van der Waals surface area contributed by atoms with Gasteiger partial charge in [-0.05, 0) is 46.9 Å². The van der Waals surface area contributed by atoms with Crippen molar-refractivity contribution >= 4 is 45.2 Å². The number of nitrogens with zero attached hydrogens (tertiary/aromatic N) is 4. The van der Waals surface area contributed by atoms with Crippen molar-refractivity contribution in [1.29, 1.82) is 0 Å². The Kier molecular flexibility index (Phi) is 3.65. The van der Waals surface area contributed by atoms with E-state index in [1.807, 2.05) is 6.07 Å². The molecule has 0 amide bonds. The first-order valence-electron chi connectivity index (χ1n) is 5.73. The van der Waals surface area contributed by atoms with E-state index in [0.717, 1.165) is 26.1 Å². The Morgan fingerprint density at radius 1 is 1.26 bits per heavy atom. The minimum Gasteiger partial charge on any atom is -0.321 e. The lowest BCUT2D eigenvalue weighted by molar-refractivity contribution is 0.754. The van der Waals surface area contributed by atoms with Crippen LogP contribution in [0.1, 0.15) is 11.5 Å². The smallest absolute Gasteiger partial charge is 0.125 e. The molecule has 0 saturated carbocycles. The third-order valence-corrected chi connectivity index (χ3v) is 3.78. The molecular weight excluding hydrogens is 375 g/mol. The summed E-state index contributed by atoms with van der Waals surface area (Å²) in [5.41, 5.74) is 2.99. The predicted octanol–water partition coefficient (Wildman–Crippen LogP) is 3.22. The first kappa shape index (κ1) is 12.8. The normalized spacial score (nSPS) is 11.1. The number of halogens is 2. The minimum absolute atomic E-state index is 0.385. The van der Waals surface area contributed by atoms with E-state index in [4.69, 9.17) is 11.6 Å². The van der Waals surface area contributed by atoms with Crippen molar-refractivity contribution < 1.29 is 0 Å². The summed E-state index contributed by atoms with van der Waals surface area (Å²) in [5, 5.41) is 0. The average molecular weight is 385 g/mol. The highest BCUT2D eigenvalue weighted by Crippen LogP contribution is 2.21. The van der Waals surface area contributed by atoms with E-state index >= 15 is 0 Å². The zero-order valence-electron chi connectivity index (χ0n) is 9.92. The Bertz CT molecular complexity index is 711. The quantitative estimate of drug-likeness (QED) is 0.514. The molecule has 6 heteroatoms. The van der Waals surface area contributed by atoms with Crippen molar-refractivity contribution in [3.63, 3.8) is 0 Å². The first-order valence-corrected chi connectivity index (χ1v) is 7.35. The van der Waals surface area contributed by atoms with Crippen molar-refractivity contribution in [3.8, 4) is 0 Å². The first-order chi connectivity index (χ1) is 9.28. The molecule has 0 bridgehead atoms. The van der Waals surface area contributed by atoms with Gasteiger partial charge in [0.25, 0.3) is 0 Å². The molecule has 0 spiro atoms. The van der Waals surface area contributed by atoms with Crippen LogP contribution >= 0.6 is 34.2 Å². The highest BCUT2D eigenvalue weighted by Gasteiger charge is 2.11. The van der Waals surface area contributed by atoms with Gasteiger partial charge in [0.2, 0.25) is 0 Å². The monoisotopic (exact) mass is 384 g/mol. The second kappa shape index (κ2) is 5.42. The highest BCUT2D eigenvalue weighted by atomic mass is 127. The van der Waals surface area contributed by atoms with E-state index in [-0.39, 0.29) is 0 Å². The Balaban J connectivity index is 2.11. The van der Waals surface area contributed by atoms with Gasteiger partial charge in [-0.1, -0.05) is 0 Å². The predicted molar refractivity (Wildman–Crippen MR) is 83.1 cm³/mol. The van der Waals surface area contributed by atoms with Crippen LogP contribution in [0.15, 0.2) is 36.8 Å². The van der Waals surface area contributed by atoms with Crippen molar-refractivity contribution in [3.05, 3.63) is 51.9 Å². The Labute approximate surface area is 129 Å². The molecule has 19 heavy (non-hydrogen) atoms. The average Bonchev–Trinajstić information content (AvgIpc) is 2.77. The Morgan fingerprint density at radius 2 is 2.16 bits per heavy atom. The molecule has 0 radical (unpaired) electrons. The third kappa shape index (κ3) is 2.57. The van der Waals surface area contributed by atoms with Gasteiger partial charge in [0.15, 0.2) is 0 Å². The maximum absolute atomic E-state index is 5.99. The van der Waals surface area contributed by atoms with Gasteiger partial charge < -0.3 is 4.57 Å². The second-order valence-corrected chi connectivity index (χ2v) is 5.59. The third-order valence-electron chi connectivity index (χ3n) is 2.87. The summed E-state index contributed by atoms with van der Waals surface area (Å²) in [6, 6.07) is 8.10. The van der Waals surface area contributed by atoms with Gasteiger partial charge in [-0.2, -0.15) is 0 Å². The van der Waals surface area contributed by atoms with Crippen LogP contribution in [-0.4, -0.2) is 19.5 Å². The maximum Gasteiger partial charge on any atom is 0.125 e. The number of rotatable bonds is 3. The molecule has 0 aliphatic rings. The number of fused-ring (bicyclic) bond motifs is 1. The van der Waals surface area contributed by atoms with E-state index in [0.29, 0.717) is 12.4 Å². The van der Waals surface area contributed by atoms with Gasteiger partial charge in [-0.3, -0.25) is 0 Å². The molecule has 4 nitrogen and oxygen atoms in total. The Morgan fingerprint density at radius 3 is 2.89 bits per heavy atom. The van der Waals surface area contributed by atoms with Crippen molar-refractivity contribution in [2.75, 3.05) is 0 Å². The van der Waals surface area contributed by atoms with E-state index < -0.39 is 0 Å². The van der Waals surface area contributed by atoms with E-state index in [2.05, 4.69) is 60.3 Å². The van der Waals surface area contributed by atoms with Gasteiger partial charge in [0, 0.05) is 9.77 Å². The van der Waals surface area contributed by atoms with Gasteiger partial charge in [-0.15, -0.1) is 11.6 Å². The number of hydrogen-bond acceptors (Lipinski definition) is 3. The number of imidazole rings is 1. The SMILES string of the molecule is ClCc1nc2cc(I)ccc2n1Cc1ccncn1. The molecule has 0 unspecified atom stereocenters. The molecular formula is C13H10ClIN4. The van der Waals surface area contributed by atoms with Crippen LogP contribution in [0.25, 0.3) is 11.0 Å². The lowest BCUT2D eigenvalue weighted by Gasteiger charge is -2.06. The fourth-order valence-corrected chi connectivity index (χ4v) is 2.68. The van der Waals surface area contributed by atoms with Crippen LogP contribution < -0.4 is 0 Å². The molecule has 0 fully saturated rings. The highest BCUT2D eigenvalue weighted by molar-refractivity contribution is 14.1. The summed E-state index contributed by atoms with van der Waals surface area (Å²) < 4.78 is 3.26. The van der Waals surface area contributed by atoms with Crippen molar-refractivity contribution in [1.82, 2.24) is 19.5 Å². The van der Waals surface area contributed by atoms with Gasteiger partial charge in [-0.25, -0.2) is 15.0 Å². The summed E-state index contributed by atoms with van der Waals surface area (Å²) in [5.74, 6) is 1.24. The molecule has 1 aromatic carbocycles. The lowest BCUT2D eigenvalue weighted by Crippen LogP contribution is -2.05. The molecule has 96 valence electrons. The van der Waals surface area contributed by atoms with Gasteiger partial charge in [0.05, 0.1) is 29.2 Å². The molecule has 0 N–H and O–H groups in total. The van der Waals surface area contributed by atoms with E-state index in [1.165, 1.54) is 0 Å². The molecule has 0 saturated heterocycles. The van der Waals surface area contributed by atoms with Crippen LogP contribution in [0.5, 0.6) is 0 Å². The zero-order chi connectivity index (χ0) is 13.2. The van der Waals surface area contributed by atoms with Gasteiger partial charge >= 0.3 is 0 Å². The van der Waals surface area contributed by atoms with Crippen LogP contribution in [0.2, 0.25) is 0 Å². The minimum atomic E-state index is 0.385. The second-order valence-electron chi connectivity index (χ2n) is 4.08. The van der Waals surface area contributed by atoms with Crippen molar-refractivity contribution in [2.24, 2.45) is 0 Å².